The van der Waals surface area contributed by atoms with Crippen molar-refractivity contribution in [2.45, 2.75) is 20.8 Å². The summed E-state index contributed by atoms with van der Waals surface area (Å²) in [6, 6.07) is 0. The van der Waals surface area contributed by atoms with Crippen molar-refractivity contribution in [3.8, 4) is 0 Å². The predicted octanol–water partition coefficient (Wildman–Crippen LogP) is -0.530. The maximum atomic E-state index is 11.0. The standard InChI is InChI=1S/C11H20N8O4/c1-4-22-10(20)15-8(12)18-14-6-7(3)17-19-9(13)16-11(21)23-5-2/h6H,4-5H2,1-3H3,(H3,12,15,18,20)(H3,13,16,19,21)/b14-6+,17-7-. The van der Waals surface area contributed by atoms with Crippen LogP contribution in [0.1, 0.15) is 20.8 Å². The number of nitrogens with one attached hydrogen (secondary N) is 2. The van der Waals surface area contributed by atoms with E-state index in [2.05, 4.69) is 40.5 Å². The lowest BCUT2D eigenvalue weighted by Gasteiger charge is -2.02. The Morgan fingerprint density at radius 2 is 1.43 bits per heavy atom. The molecule has 0 rings (SSSR count). The van der Waals surface area contributed by atoms with E-state index < -0.39 is 12.2 Å². The van der Waals surface area contributed by atoms with E-state index >= 15 is 0 Å². The highest BCUT2D eigenvalue weighted by atomic mass is 16.6. The van der Waals surface area contributed by atoms with Gasteiger partial charge in [0.05, 0.1) is 25.1 Å². The largest absolute Gasteiger partial charge is 0.450 e. The fourth-order valence-corrected chi connectivity index (χ4v) is 0.927. The first-order valence-electron chi connectivity index (χ1n) is 6.50. The number of rotatable bonds is 5. The SMILES string of the molecule is CCOC(=O)N\C(N)=N/N=C(C)\C=N\N=C(/N)NC(=O)OCC. The molecule has 0 fully saturated rings. The minimum absolute atomic E-state index is 0.202. The van der Waals surface area contributed by atoms with Crippen LogP contribution in [-0.2, 0) is 9.47 Å². The summed E-state index contributed by atoms with van der Waals surface area (Å²) in [5.41, 5.74) is 11.1. The average Bonchev–Trinajstić information content (AvgIpc) is 2.45. The van der Waals surface area contributed by atoms with Gasteiger partial charge in [0.1, 0.15) is 0 Å². The summed E-state index contributed by atoms with van der Waals surface area (Å²) in [5.74, 6) is -0.498. The monoisotopic (exact) mass is 328 g/mol. The van der Waals surface area contributed by atoms with Crippen LogP contribution in [0.4, 0.5) is 9.59 Å². The number of guanidine groups is 2. The lowest BCUT2D eigenvalue weighted by Crippen LogP contribution is -2.37. The van der Waals surface area contributed by atoms with Crippen LogP contribution in [0.3, 0.4) is 0 Å². The molecule has 6 N–H and O–H groups in total. The molecule has 0 aromatic rings. The number of alkyl carbamates (subject to hydrolysis) is 2. The molecule has 0 heterocycles. The molecule has 0 aliphatic carbocycles. The maximum absolute atomic E-state index is 11.0. The Labute approximate surface area is 132 Å². The Morgan fingerprint density at radius 1 is 0.957 bits per heavy atom. The number of nitrogens with zero attached hydrogens (tertiary/aromatic N) is 4. The van der Waals surface area contributed by atoms with E-state index in [1.54, 1.807) is 20.8 Å². The fraction of sp³-hybridized carbons (Fsp3) is 0.455. The summed E-state index contributed by atoms with van der Waals surface area (Å²) in [4.78, 5) is 22.1. The smallest absolute Gasteiger partial charge is 0.413 e. The van der Waals surface area contributed by atoms with Crippen molar-refractivity contribution in [1.82, 2.24) is 10.6 Å². The van der Waals surface area contributed by atoms with Crippen LogP contribution in [0.2, 0.25) is 0 Å². The Hall–Kier alpha value is -3.18. The van der Waals surface area contributed by atoms with Gasteiger partial charge in [-0.1, -0.05) is 0 Å². The molecule has 0 atom stereocenters. The van der Waals surface area contributed by atoms with Gasteiger partial charge in [0.25, 0.3) is 0 Å². The number of ether oxygens (including phenoxy) is 2. The summed E-state index contributed by atoms with van der Waals surface area (Å²) >= 11 is 0. The molecule has 128 valence electrons. The molecule has 23 heavy (non-hydrogen) atoms. The van der Waals surface area contributed by atoms with Gasteiger partial charge in [-0.25, -0.2) is 9.59 Å². The number of nitrogens with two attached hydrogens (primary N) is 2. The molecule has 0 aliphatic heterocycles. The molecule has 0 saturated carbocycles. The van der Waals surface area contributed by atoms with Crippen molar-refractivity contribution < 1.29 is 19.1 Å². The zero-order chi connectivity index (χ0) is 17.7. The molecule has 0 saturated heterocycles. The minimum atomic E-state index is -0.739. The van der Waals surface area contributed by atoms with Gasteiger partial charge >= 0.3 is 12.2 Å². The molecule has 2 amide bonds. The van der Waals surface area contributed by atoms with Crippen LogP contribution >= 0.6 is 0 Å². The van der Waals surface area contributed by atoms with E-state index in [0.29, 0.717) is 5.71 Å². The molecule has 0 radical (unpaired) electrons. The van der Waals surface area contributed by atoms with Crippen LogP contribution in [0.5, 0.6) is 0 Å². The molecule has 0 aromatic heterocycles. The van der Waals surface area contributed by atoms with E-state index in [1.165, 1.54) is 6.21 Å². The van der Waals surface area contributed by atoms with Crippen molar-refractivity contribution in [3.63, 3.8) is 0 Å². The molecule has 0 aromatic carbocycles. The van der Waals surface area contributed by atoms with Gasteiger partial charge in [-0.05, 0) is 20.8 Å². The number of hydrogen-bond acceptors (Lipinski definition) is 8. The van der Waals surface area contributed by atoms with Crippen LogP contribution < -0.4 is 22.1 Å². The average molecular weight is 328 g/mol. The number of carbonyl (C=O) groups is 2. The molecule has 12 nitrogen and oxygen atoms in total. The zero-order valence-corrected chi connectivity index (χ0v) is 13.1. The Balaban J connectivity index is 4.47. The van der Waals surface area contributed by atoms with E-state index in [4.69, 9.17) is 11.5 Å². The van der Waals surface area contributed by atoms with E-state index in [1.807, 2.05) is 0 Å². The molecule has 0 unspecified atom stereocenters. The number of hydrogen-bond donors (Lipinski definition) is 4. The van der Waals surface area contributed by atoms with E-state index in [-0.39, 0.29) is 25.1 Å². The topological polar surface area (TPSA) is 178 Å². The summed E-state index contributed by atoms with van der Waals surface area (Å²) in [6.45, 7) is 5.25. The van der Waals surface area contributed by atoms with Gasteiger partial charge in [0, 0.05) is 0 Å². The molecule has 0 spiro atoms. The lowest BCUT2D eigenvalue weighted by atomic mass is 10.5. The minimum Gasteiger partial charge on any atom is -0.450 e. The van der Waals surface area contributed by atoms with Crippen LogP contribution in [-0.4, -0.2) is 49.2 Å². The van der Waals surface area contributed by atoms with Crippen LogP contribution in [0.25, 0.3) is 0 Å². The second kappa shape index (κ2) is 11.5. The second-order valence-electron chi connectivity index (χ2n) is 3.65. The first kappa shape index (κ1) is 19.8. The molecule has 0 bridgehead atoms. The Bertz CT molecular complexity index is 526. The van der Waals surface area contributed by atoms with Crippen molar-refractivity contribution in [2.75, 3.05) is 13.2 Å². The first-order chi connectivity index (χ1) is 10.9. The molecule has 0 aliphatic rings. The second-order valence-corrected chi connectivity index (χ2v) is 3.65. The van der Waals surface area contributed by atoms with Gasteiger partial charge in [0.2, 0.25) is 11.9 Å². The Morgan fingerprint density at radius 3 is 1.91 bits per heavy atom. The van der Waals surface area contributed by atoms with Gasteiger partial charge in [-0.3, -0.25) is 10.6 Å². The van der Waals surface area contributed by atoms with Gasteiger partial charge in [-0.15, -0.1) is 10.2 Å². The van der Waals surface area contributed by atoms with Crippen molar-refractivity contribution in [1.29, 1.82) is 0 Å². The van der Waals surface area contributed by atoms with Gasteiger partial charge in [-0.2, -0.15) is 10.2 Å². The maximum Gasteiger partial charge on any atom is 0.413 e. The number of amides is 2. The normalized spacial score (nSPS) is 12.9. The fourth-order valence-electron chi connectivity index (χ4n) is 0.927. The highest BCUT2D eigenvalue weighted by Crippen LogP contribution is 1.81. The Kier molecular flexibility index (Phi) is 9.89. The molecule has 12 heteroatoms. The van der Waals surface area contributed by atoms with Crippen LogP contribution in [0, 0.1) is 0 Å². The highest BCUT2D eigenvalue weighted by Gasteiger charge is 2.02. The van der Waals surface area contributed by atoms with Crippen molar-refractivity contribution in [2.24, 2.45) is 31.9 Å². The third-order valence-electron chi connectivity index (χ3n) is 1.74. The summed E-state index contributed by atoms with van der Waals surface area (Å²) < 4.78 is 9.19. The summed E-state index contributed by atoms with van der Waals surface area (Å²) in [5, 5.41) is 18.5. The third kappa shape index (κ3) is 11.2. The highest BCUT2D eigenvalue weighted by molar-refractivity contribution is 6.29. The van der Waals surface area contributed by atoms with Crippen LogP contribution in [0.15, 0.2) is 20.4 Å². The quantitative estimate of drug-likeness (QED) is 0.299. The third-order valence-corrected chi connectivity index (χ3v) is 1.74. The predicted molar refractivity (Wildman–Crippen MR) is 85.2 cm³/mol. The molecular formula is C11H20N8O4. The lowest BCUT2D eigenvalue weighted by molar-refractivity contribution is 0.156. The van der Waals surface area contributed by atoms with E-state index in [9.17, 15) is 9.59 Å². The van der Waals surface area contributed by atoms with Crippen molar-refractivity contribution >= 4 is 36.0 Å². The molecular weight excluding hydrogens is 308 g/mol. The zero-order valence-electron chi connectivity index (χ0n) is 13.1. The summed E-state index contributed by atoms with van der Waals surface area (Å²) in [6.07, 6.45) is -0.268. The first-order valence-corrected chi connectivity index (χ1v) is 6.50. The van der Waals surface area contributed by atoms with Gasteiger partial charge in [0.15, 0.2) is 0 Å². The van der Waals surface area contributed by atoms with E-state index in [0.717, 1.165) is 0 Å². The van der Waals surface area contributed by atoms with Gasteiger partial charge < -0.3 is 20.9 Å². The van der Waals surface area contributed by atoms with Crippen molar-refractivity contribution in [3.05, 3.63) is 0 Å². The number of carbonyl (C=O) groups excluding carboxylic acids is 2. The summed E-state index contributed by atoms with van der Waals surface area (Å²) in [7, 11) is 0.